The summed E-state index contributed by atoms with van der Waals surface area (Å²) < 4.78 is 36.4. The van der Waals surface area contributed by atoms with Crippen molar-refractivity contribution in [3.8, 4) is 0 Å². The van der Waals surface area contributed by atoms with Crippen LogP contribution in [0.4, 0.5) is 0 Å². The van der Waals surface area contributed by atoms with Crippen molar-refractivity contribution in [3.63, 3.8) is 0 Å². The maximum atomic E-state index is 13.1. The van der Waals surface area contributed by atoms with E-state index in [2.05, 4.69) is 15.9 Å². The van der Waals surface area contributed by atoms with Crippen molar-refractivity contribution in [3.05, 3.63) is 33.3 Å². The second kappa shape index (κ2) is 5.63. The van der Waals surface area contributed by atoms with E-state index < -0.39 is 26.2 Å². The van der Waals surface area contributed by atoms with Gasteiger partial charge in [-0.3, -0.25) is 9.35 Å². The Morgan fingerprint density at radius 1 is 1.27 bits per heavy atom. The topological polar surface area (TPSA) is 97.5 Å². The van der Waals surface area contributed by atoms with Gasteiger partial charge in [0, 0.05) is 16.9 Å². The van der Waals surface area contributed by atoms with Gasteiger partial charge in [0.1, 0.15) is 11.0 Å². The van der Waals surface area contributed by atoms with Crippen LogP contribution in [-0.2, 0) is 27.8 Å². The highest BCUT2D eigenvalue weighted by Crippen LogP contribution is 2.70. The van der Waals surface area contributed by atoms with Gasteiger partial charge in [-0.05, 0) is 59.8 Å². The number of benzene rings is 1. The third kappa shape index (κ3) is 2.26. The minimum atomic E-state index is -4.50. The van der Waals surface area contributed by atoms with E-state index in [1.165, 1.54) is 0 Å². The summed E-state index contributed by atoms with van der Waals surface area (Å²) in [6.07, 6.45) is 2.95. The molecule has 2 saturated carbocycles. The molecule has 5 nitrogen and oxygen atoms in total. The molecule has 3 aliphatic carbocycles. The Labute approximate surface area is 162 Å². The minimum absolute atomic E-state index is 0.0341. The molecular weight excluding hydrogens is 418 g/mol. The van der Waals surface area contributed by atoms with Crippen LogP contribution in [0.5, 0.6) is 0 Å². The summed E-state index contributed by atoms with van der Waals surface area (Å²) in [7, 11) is -4.50. The Morgan fingerprint density at radius 3 is 2.50 bits per heavy atom. The average molecular weight is 442 g/mol. The van der Waals surface area contributed by atoms with Crippen LogP contribution in [0.25, 0.3) is 0 Å². The molecule has 142 valence electrons. The van der Waals surface area contributed by atoms with Crippen molar-refractivity contribution in [2.75, 3.05) is 0 Å². The lowest BCUT2D eigenvalue weighted by Gasteiger charge is -2.42. The van der Waals surface area contributed by atoms with Crippen molar-refractivity contribution in [2.45, 2.75) is 57.2 Å². The number of hydrogen-bond donors (Lipinski definition) is 2. The van der Waals surface area contributed by atoms with Crippen LogP contribution < -0.4 is 5.73 Å². The fourth-order valence-electron chi connectivity index (χ4n) is 5.99. The molecule has 4 atom stereocenters. The molecule has 0 aromatic heterocycles. The molecule has 4 rings (SSSR count). The first-order valence-electron chi connectivity index (χ1n) is 9.05. The van der Waals surface area contributed by atoms with Crippen molar-refractivity contribution in [1.82, 2.24) is 0 Å². The maximum absolute atomic E-state index is 13.1. The number of hydrogen-bond acceptors (Lipinski definition) is 4. The standard InChI is InChI=1S/C19H24BrNO4S/c1-18(2)11-5-6-19(18,15(22)8-11)17(26(23,24)25)16-13-9-12(21)7-10(13)3-4-14(16)20/h3-4,11-12,17H,5-9,21H2,1-2H3,(H,23,24,25)/t11-,12-,17?,19+/m1/s1. The lowest BCUT2D eigenvalue weighted by Crippen LogP contribution is -2.45. The molecule has 1 aromatic carbocycles. The minimum Gasteiger partial charge on any atom is -0.327 e. The van der Waals surface area contributed by atoms with E-state index >= 15 is 0 Å². The van der Waals surface area contributed by atoms with Gasteiger partial charge in [-0.2, -0.15) is 8.42 Å². The Bertz CT molecular complexity index is 910. The zero-order chi connectivity index (χ0) is 19.1. The lowest BCUT2D eigenvalue weighted by molar-refractivity contribution is -0.129. The number of Topliss-reactive ketones (excluding diaryl/α,β-unsaturated/α-hetero) is 1. The van der Waals surface area contributed by atoms with Crippen LogP contribution in [0.2, 0.25) is 0 Å². The first-order chi connectivity index (χ1) is 12.0. The third-order valence-corrected chi connectivity index (χ3v) is 9.27. The van der Waals surface area contributed by atoms with Crippen LogP contribution in [0.15, 0.2) is 16.6 Å². The van der Waals surface area contributed by atoms with Gasteiger partial charge >= 0.3 is 0 Å². The van der Waals surface area contributed by atoms with Gasteiger partial charge in [0.15, 0.2) is 0 Å². The molecule has 0 saturated heterocycles. The summed E-state index contributed by atoms with van der Waals surface area (Å²) in [5.74, 6) is 0.130. The molecule has 7 heteroatoms. The number of nitrogens with two attached hydrogens (primary N) is 1. The molecule has 1 unspecified atom stereocenters. The van der Waals surface area contributed by atoms with E-state index in [1.54, 1.807) is 0 Å². The van der Waals surface area contributed by atoms with Crippen molar-refractivity contribution in [2.24, 2.45) is 22.5 Å². The Hall–Kier alpha value is -0.760. The molecule has 0 spiro atoms. The summed E-state index contributed by atoms with van der Waals surface area (Å²) in [5.41, 5.74) is 6.99. The highest BCUT2D eigenvalue weighted by atomic mass is 79.9. The smallest absolute Gasteiger partial charge is 0.273 e. The molecule has 0 amide bonds. The van der Waals surface area contributed by atoms with Crippen LogP contribution >= 0.6 is 15.9 Å². The van der Waals surface area contributed by atoms with Crippen LogP contribution in [-0.4, -0.2) is 24.8 Å². The van der Waals surface area contributed by atoms with Gasteiger partial charge in [0.2, 0.25) is 0 Å². The normalized spacial score (nSPS) is 33.5. The van der Waals surface area contributed by atoms with E-state index in [-0.39, 0.29) is 17.7 Å². The first-order valence-corrected chi connectivity index (χ1v) is 11.3. The number of ketones is 1. The fraction of sp³-hybridized carbons (Fsp3) is 0.632. The number of fused-ring (bicyclic) bond motifs is 3. The summed E-state index contributed by atoms with van der Waals surface area (Å²) in [6, 6.07) is 3.70. The SMILES string of the molecule is CC1(C)[C@@H]2CC[C@@]1(C(c1c(Br)ccc3c1C[C@H](N)C3)S(=O)(=O)O)C(=O)C2. The van der Waals surface area contributed by atoms with E-state index in [0.717, 1.165) is 17.5 Å². The predicted octanol–water partition coefficient (Wildman–Crippen LogP) is 3.20. The molecule has 3 aliphatic rings. The molecule has 26 heavy (non-hydrogen) atoms. The van der Waals surface area contributed by atoms with Crippen LogP contribution in [0, 0.1) is 16.7 Å². The molecule has 0 aliphatic heterocycles. The second-order valence-corrected chi connectivity index (χ2v) is 11.1. The Morgan fingerprint density at radius 2 is 1.96 bits per heavy atom. The van der Waals surface area contributed by atoms with Crippen molar-refractivity contribution in [1.29, 1.82) is 0 Å². The summed E-state index contributed by atoms with van der Waals surface area (Å²) in [4.78, 5) is 13.1. The van der Waals surface area contributed by atoms with Gasteiger partial charge < -0.3 is 5.73 Å². The maximum Gasteiger partial charge on any atom is 0.273 e. The van der Waals surface area contributed by atoms with E-state index in [0.29, 0.717) is 35.7 Å². The van der Waals surface area contributed by atoms with Gasteiger partial charge in [0.25, 0.3) is 10.1 Å². The molecule has 0 heterocycles. The third-order valence-electron chi connectivity index (χ3n) is 7.34. The first kappa shape index (κ1) is 18.6. The Balaban J connectivity index is 2.02. The van der Waals surface area contributed by atoms with E-state index in [1.807, 2.05) is 26.0 Å². The number of carbonyl (C=O) groups is 1. The van der Waals surface area contributed by atoms with Gasteiger partial charge in [0.05, 0.1) is 5.41 Å². The number of halogens is 1. The van der Waals surface area contributed by atoms with Gasteiger partial charge in [-0.1, -0.05) is 35.8 Å². The molecule has 2 fully saturated rings. The predicted molar refractivity (Wildman–Crippen MR) is 102 cm³/mol. The summed E-state index contributed by atoms with van der Waals surface area (Å²) in [6.45, 7) is 3.97. The fourth-order valence-corrected chi connectivity index (χ4v) is 8.37. The molecule has 1 aromatic rings. The molecular formula is C19H24BrNO4S. The quantitative estimate of drug-likeness (QED) is 0.701. The Kier molecular flexibility index (Phi) is 4.02. The monoisotopic (exact) mass is 441 g/mol. The van der Waals surface area contributed by atoms with Gasteiger partial charge in [-0.25, -0.2) is 0 Å². The summed E-state index contributed by atoms with van der Waals surface area (Å²) >= 11 is 3.51. The largest absolute Gasteiger partial charge is 0.327 e. The number of rotatable bonds is 3. The summed E-state index contributed by atoms with van der Waals surface area (Å²) in [5, 5.41) is -1.25. The lowest BCUT2D eigenvalue weighted by atomic mass is 9.65. The van der Waals surface area contributed by atoms with Crippen LogP contribution in [0.3, 0.4) is 0 Å². The second-order valence-electron chi connectivity index (χ2n) is 8.72. The van der Waals surface area contributed by atoms with E-state index in [4.69, 9.17) is 5.73 Å². The van der Waals surface area contributed by atoms with E-state index in [9.17, 15) is 17.8 Å². The average Bonchev–Trinajstić information content (AvgIpc) is 3.06. The molecule has 3 N–H and O–H groups in total. The number of carbonyl (C=O) groups excluding carboxylic acids is 1. The highest BCUT2D eigenvalue weighted by molar-refractivity contribution is 9.10. The highest BCUT2D eigenvalue weighted by Gasteiger charge is 2.70. The zero-order valence-corrected chi connectivity index (χ0v) is 17.4. The van der Waals surface area contributed by atoms with Gasteiger partial charge in [-0.15, -0.1) is 0 Å². The van der Waals surface area contributed by atoms with Crippen LogP contribution in [0.1, 0.15) is 55.1 Å². The van der Waals surface area contributed by atoms with Crippen molar-refractivity contribution < 1.29 is 17.8 Å². The zero-order valence-electron chi connectivity index (χ0n) is 15.0. The van der Waals surface area contributed by atoms with Crippen molar-refractivity contribution >= 4 is 31.8 Å². The molecule has 2 bridgehead atoms. The molecule has 0 radical (unpaired) electrons.